The van der Waals surface area contributed by atoms with E-state index in [-0.39, 0.29) is 5.38 Å². The number of alkyl halides is 1. The van der Waals surface area contributed by atoms with Crippen molar-refractivity contribution in [2.45, 2.75) is 5.38 Å². The van der Waals surface area contributed by atoms with Gasteiger partial charge in [-0.25, -0.2) is 0 Å². The van der Waals surface area contributed by atoms with Crippen LogP contribution >= 0.6 is 61.7 Å². The summed E-state index contributed by atoms with van der Waals surface area (Å²) in [6.45, 7) is 0. The van der Waals surface area contributed by atoms with E-state index in [2.05, 4.69) is 38.5 Å². The zero-order chi connectivity index (χ0) is 12.4. The van der Waals surface area contributed by atoms with Gasteiger partial charge in [-0.05, 0) is 64.0 Å². The van der Waals surface area contributed by atoms with Crippen LogP contribution in [0.3, 0.4) is 0 Å². The highest BCUT2D eigenvalue weighted by atomic mass is 127. The van der Waals surface area contributed by atoms with Crippen LogP contribution in [-0.4, -0.2) is 0 Å². The van der Waals surface area contributed by atoms with Gasteiger partial charge in [0.15, 0.2) is 0 Å². The second-order valence-corrected chi connectivity index (χ2v) is 6.53. The van der Waals surface area contributed by atoms with Gasteiger partial charge in [-0.15, -0.1) is 11.6 Å². The average molecular weight is 442 g/mol. The molecule has 0 aliphatic heterocycles. The third-order valence-corrected chi connectivity index (χ3v) is 4.61. The van der Waals surface area contributed by atoms with Crippen molar-refractivity contribution < 1.29 is 0 Å². The average Bonchev–Trinajstić information content (AvgIpc) is 2.32. The predicted octanol–water partition coefficient (Wildman–Crippen LogP) is 6.04. The maximum absolute atomic E-state index is 6.49. The van der Waals surface area contributed by atoms with Gasteiger partial charge in [-0.2, -0.15) is 0 Å². The molecular formula is C13H8BrCl2I. The van der Waals surface area contributed by atoms with Crippen molar-refractivity contribution in [3.8, 4) is 0 Å². The van der Waals surface area contributed by atoms with Crippen LogP contribution in [-0.2, 0) is 0 Å². The van der Waals surface area contributed by atoms with Crippen LogP contribution in [0, 0.1) is 3.57 Å². The van der Waals surface area contributed by atoms with Crippen LogP contribution < -0.4 is 0 Å². The van der Waals surface area contributed by atoms with Crippen LogP contribution in [0.15, 0.2) is 46.9 Å². The van der Waals surface area contributed by atoms with E-state index in [4.69, 9.17) is 23.2 Å². The SMILES string of the molecule is Clc1ccc(C(Cl)c2cc(Br)ccc2I)cc1. The zero-order valence-corrected chi connectivity index (χ0v) is 13.9. The Hall–Kier alpha value is 0.230. The van der Waals surface area contributed by atoms with E-state index in [0.29, 0.717) is 0 Å². The van der Waals surface area contributed by atoms with E-state index in [1.54, 1.807) is 0 Å². The molecular weight excluding hydrogens is 434 g/mol. The third-order valence-electron chi connectivity index (χ3n) is 2.39. The fourth-order valence-corrected chi connectivity index (χ4v) is 3.18. The minimum atomic E-state index is -0.156. The largest absolute Gasteiger partial charge is 0.113 e. The lowest BCUT2D eigenvalue weighted by Crippen LogP contribution is -1.96. The number of halogens is 4. The quantitative estimate of drug-likeness (QED) is 0.394. The van der Waals surface area contributed by atoms with E-state index >= 15 is 0 Å². The minimum Gasteiger partial charge on any atom is -0.113 e. The third kappa shape index (κ3) is 3.37. The molecule has 4 heteroatoms. The fraction of sp³-hybridized carbons (Fsp3) is 0.0769. The monoisotopic (exact) mass is 440 g/mol. The van der Waals surface area contributed by atoms with Crippen LogP contribution in [0.25, 0.3) is 0 Å². The van der Waals surface area contributed by atoms with Crippen LogP contribution in [0.2, 0.25) is 5.02 Å². The lowest BCUT2D eigenvalue weighted by atomic mass is 10.0. The van der Waals surface area contributed by atoms with Gasteiger partial charge in [0.25, 0.3) is 0 Å². The Labute approximate surface area is 133 Å². The molecule has 1 atom stereocenters. The van der Waals surface area contributed by atoms with E-state index in [1.807, 2.05) is 42.5 Å². The van der Waals surface area contributed by atoms with Gasteiger partial charge in [0, 0.05) is 13.1 Å². The molecule has 2 aromatic carbocycles. The molecule has 0 saturated heterocycles. The van der Waals surface area contributed by atoms with Crippen LogP contribution in [0.5, 0.6) is 0 Å². The van der Waals surface area contributed by atoms with Crippen molar-refractivity contribution in [2.75, 3.05) is 0 Å². The fourth-order valence-electron chi connectivity index (χ4n) is 1.52. The first-order valence-electron chi connectivity index (χ1n) is 4.92. The molecule has 88 valence electrons. The number of rotatable bonds is 2. The Balaban J connectivity index is 2.39. The Morgan fingerprint density at radius 2 is 1.71 bits per heavy atom. The molecule has 0 aromatic heterocycles. The summed E-state index contributed by atoms with van der Waals surface area (Å²) < 4.78 is 2.19. The summed E-state index contributed by atoms with van der Waals surface area (Å²) in [5, 5.41) is 0.568. The summed E-state index contributed by atoms with van der Waals surface area (Å²) in [6, 6.07) is 13.7. The van der Waals surface area contributed by atoms with E-state index < -0.39 is 0 Å². The zero-order valence-electron chi connectivity index (χ0n) is 8.63. The van der Waals surface area contributed by atoms with Gasteiger partial charge in [0.05, 0.1) is 5.38 Å². The van der Waals surface area contributed by atoms with Crippen molar-refractivity contribution in [3.05, 3.63) is 66.7 Å². The maximum Gasteiger partial charge on any atom is 0.0846 e. The number of hydrogen-bond donors (Lipinski definition) is 0. The Morgan fingerprint density at radius 3 is 2.35 bits per heavy atom. The second-order valence-electron chi connectivity index (χ2n) is 3.58. The maximum atomic E-state index is 6.49. The summed E-state index contributed by atoms with van der Waals surface area (Å²) >= 11 is 18.1. The summed E-state index contributed by atoms with van der Waals surface area (Å²) in [5.74, 6) is 0. The van der Waals surface area contributed by atoms with Gasteiger partial charge in [0.1, 0.15) is 0 Å². The molecule has 0 aliphatic rings. The molecule has 2 rings (SSSR count). The molecule has 17 heavy (non-hydrogen) atoms. The molecule has 0 heterocycles. The van der Waals surface area contributed by atoms with E-state index in [0.717, 1.165) is 24.2 Å². The molecule has 0 amide bonds. The van der Waals surface area contributed by atoms with E-state index in [9.17, 15) is 0 Å². The lowest BCUT2D eigenvalue weighted by molar-refractivity contribution is 1.12. The molecule has 0 spiro atoms. The van der Waals surface area contributed by atoms with Crippen molar-refractivity contribution in [1.29, 1.82) is 0 Å². The predicted molar refractivity (Wildman–Crippen MR) is 86.0 cm³/mol. The first kappa shape index (κ1) is 13.7. The molecule has 0 bridgehead atoms. The van der Waals surface area contributed by atoms with Gasteiger partial charge in [0.2, 0.25) is 0 Å². The highest BCUT2D eigenvalue weighted by Crippen LogP contribution is 2.34. The molecule has 1 unspecified atom stereocenters. The summed E-state index contributed by atoms with van der Waals surface area (Å²) in [4.78, 5) is 0. The van der Waals surface area contributed by atoms with Gasteiger partial charge in [-0.3, -0.25) is 0 Å². The Kier molecular flexibility index (Phi) is 4.75. The molecule has 0 nitrogen and oxygen atoms in total. The molecule has 0 radical (unpaired) electrons. The standard InChI is InChI=1S/C13H8BrCl2I/c14-9-3-6-12(17)11(7-9)13(16)8-1-4-10(15)5-2-8/h1-7,13H. The smallest absolute Gasteiger partial charge is 0.0846 e. The first-order chi connectivity index (χ1) is 8.08. The second kappa shape index (κ2) is 5.91. The van der Waals surface area contributed by atoms with Crippen LogP contribution in [0.4, 0.5) is 0 Å². The molecule has 0 N–H and O–H groups in total. The van der Waals surface area contributed by atoms with Crippen molar-refractivity contribution >= 4 is 61.7 Å². The highest BCUT2D eigenvalue weighted by Gasteiger charge is 2.14. The summed E-state index contributed by atoms with van der Waals surface area (Å²) in [6.07, 6.45) is 0. The molecule has 0 fully saturated rings. The number of hydrogen-bond acceptors (Lipinski definition) is 0. The highest BCUT2D eigenvalue weighted by molar-refractivity contribution is 14.1. The van der Waals surface area contributed by atoms with Gasteiger partial charge >= 0.3 is 0 Å². The van der Waals surface area contributed by atoms with Crippen molar-refractivity contribution in [3.63, 3.8) is 0 Å². The topological polar surface area (TPSA) is 0 Å². The first-order valence-corrected chi connectivity index (χ1v) is 7.61. The Bertz CT molecular complexity index is 525. The normalized spacial score (nSPS) is 12.5. The summed E-state index contributed by atoms with van der Waals surface area (Å²) in [5.41, 5.74) is 2.15. The van der Waals surface area contributed by atoms with Gasteiger partial charge < -0.3 is 0 Å². The van der Waals surface area contributed by atoms with Crippen molar-refractivity contribution in [2.24, 2.45) is 0 Å². The van der Waals surface area contributed by atoms with Crippen molar-refractivity contribution in [1.82, 2.24) is 0 Å². The minimum absolute atomic E-state index is 0.156. The molecule has 0 aliphatic carbocycles. The molecule has 0 saturated carbocycles. The van der Waals surface area contributed by atoms with Crippen LogP contribution in [0.1, 0.15) is 16.5 Å². The Morgan fingerprint density at radius 1 is 1.06 bits per heavy atom. The number of benzene rings is 2. The lowest BCUT2D eigenvalue weighted by Gasteiger charge is -2.13. The van der Waals surface area contributed by atoms with Gasteiger partial charge in [-0.1, -0.05) is 39.7 Å². The van der Waals surface area contributed by atoms with E-state index in [1.165, 1.54) is 0 Å². The summed E-state index contributed by atoms with van der Waals surface area (Å²) in [7, 11) is 0. The molecule has 2 aromatic rings.